The molecule has 2 rings (SSSR count). The average molecular weight is 266 g/mol. The third-order valence-corrected chi connectivity index (χ3v) is 3.18. The summed E-state index contributed by atoms with van der Waals surface area (Å²) in [6.45, 7) is 6.79. The molecule has 2 aromatic heterocycles. The van der Waals surface area contributed by atoms with Crippen molar-refractivity contribution in [1.82, 2.24) is 19.7 Å². The van der Waals surface area contributed by atoms with Crippen LogP contribution in [-0.2, 0) is 0 Å². The topological polar surface area (TPSA) is 55.6 Å². The molecule has 0 aliphatic heterocycles. The third kappa shape index (κ3) is 2.46. The van der Waals surface area contributed by atoms with E-state index in [0.29, 0.717) is 5.02 Å². The zero-order valence-electron chi connectivity index (χ0n) is 10.7. The van der Waals surface area contributed by atoms with Gasteiger partial charge in [0.1, 0.15) is 12.1 Å². The fourth-order valence-electron chi connectivity index (χ4n) is 1.66. The Morgan fingerprint density at radius 2 is 2.11 bits per heavy atom. The highest BCUT2D eigenvalue weighted by molar-refractivity contribution is 6.31. The number of halogens is 1. The normalized spacial score (nSPS) is 10.7. The van der Waals surface area contributed by atoms with Crippen molar-refractivity contribution in [2.24, 2.45) is 0 Å². The minimum atomic E-state index is 0.677. The van der Waals surface area contributed by atoms with Crippen LogP contribution in [0.25, 0.3) is 5.82 Å². The Morgan fingerprint density at radius 3 is 2.72 bits per heavy atom. The Morgan fingerprint density at radius 1 is 1.33 bits per heavy atom. The number of hydrogen-bond donors (Lipinski definition) is 1. The second kappa shape index (κ2) is 5.35. The third-order valence-electron chi connectivity index (χ3n) is 2.63. The van der Waals surface area contributed by atoms with Crippen molar-refractivity contribution in [3.05, 3.63) is 28.8 Å². The summed E-state index contributed by atoms with van der Waals surface area (Å²) in [7, 11) is 0. The van der Waals surface area contributed by atoms with Crippen molar-refractivity contribution < 1.29 is 0 Å². The van der Waals surface area contributed by atoms with Crippen LogP contribution in [0.5, 0.6) is 0 Å². The second-order valence-corrected chi connectivity index (χ2v) is 4.46. The second-order valence-electron chi connectivity index (χ2n) is 4.08. The van der Waals surface area contributed by atoms with Gasteiger partial charge < -0.3 is 5.32 Å². The summed E-state index contributed by atoms with van der Waals surface area (Å²) >= 11 is 6.13. The minimum Gasteiger partial charge on any atom is -0.370 e. The van der Waals surface area contributed by atoms with Crippen LogP contribution in [-0.4, -0.2) is 26.3 Å². The maximum absolute atomic E-state index is 6.13. The highest BCUT2D eigenvalue weighted by Crippen LogP contribution is 2.21. The smallest absolute Gasteiger partial charge is 0.159 e. The highest BCUT2D eigenvalue weighted by atomic mass is 35.5. The van der Waals surface area contributed by atoms with E-state index in [1.807, 2.05) is 19.9 Å². The van der Waals surface area contributed by atoms with E-state index in [2.05, 4.69) is 27.3 Å². The van der Waals surface area contributed by atoms with E-state index in [0.717, 1.165) is 36.0 Å². The Kier molecular flexibility index (Phi) is 3.81. The molecule has 2 aromatic rings. The average Bonchev–Trinajstić information content (AvgIpc) is 2.64. The summed E-state index contributed by atoms with van der Waals surface area (Å²) in [5.41, 5.74) is 1.69. The van der Waals surface area contributed by atoms with Crippen molar-refractivity contribution in [3.8, 4) is 5.82 Å². The number of rotatable bonds is 4. The minimum absolute atomic E-state index is 0.677. The molecule has 0 aliphatic carbocycles. The molecule has 1 N–H and O–H groups in total. The van der Waals surface area contributed by atoms with Crippen LogP contribution in [0.1, 0.15) is 24.7 Å². The van der Waals surface area contributed by atoms with Crippen LogP contribution >= 0.6 is 11.6 Å². The molecule has 0 fully saturated rings. The van der Waals surface area contributed by atoms with Crippen molar-refractivity contribution >= 4 is 17.4 Å². The van der Waals surface area contributed by atoms with Crippen LogP contribution in [0.3, 0.4) is 0 Å². The summed E-state index contributed by atoms with van der Waals surface area (Å²) < 4.78 is 1.73. The Hall–Kier alpha value is -1.62. The Bertz CT molecular complexity index is 549. The standard InChI is InChI=1S/C12H16ClN5/c1-4-5-14-10-6-11(16-7-15-10)18-9(3)12(13)8(2)17-18/h6-7H,4-5H2,1-3H3,(H,14,15,16). The van der Waals surface area contributed by atoms with Crippen LogP contribution in [0.15, 0.2) is 12.4 Å². The maximum atomic E-state index is 6.13. The van der Waals surface area contributed by atoms with Crippen LogP contribution in [0.4, 0.5) is 5.82 Å². The first-order valence-electron chi connectivity index (χ1n) is 5.91. The molecule has 0 bridgehead atoms. The predicted molar refractivity (Wildman–Crippen MR) is 72.4 cm³/mol. The molecule has 6 heteroatoms. The van der Waals surface area contributed by atoms with Gasteiger partial charge in [0.2, 0.25) is 0 Å². The van der Waals surface area contributed by atoms with Crippen molar-refractivity contribution in [3.63, 3.8) is 0 Å². The maximum Gasteiger partial charge on any atom is 0.159 e. The van der Waals surface area contributed by atoms with Crippen LogP contribution in [0.2, 0.25) is 5.02 Å². The van der Waals surface area contributed by atoms with Crippen LogP contribution < -0.4 is 5.32 Å². The Balaban J connectivity index is 2.35. The SMILES string of the molecule is CCCNc1cc(-n2nc(C)c(Cl)c2C)ncn1. The van der Waals surface area contributed by atoms with E-state index < -0.39 is 0 Å². The number of nitrogens with zero attached hydrogens (tertiary/aromatic N) is 4. The predicted octanol–water partition coefficient (Wildman–Crippen LogP) is 2.75. The van der Waals surface area contributed by atoms with E-state index in [-0.39, 0.29) is 0 Å². The van der Waals surface area contributed by atoms with E-state index in [4.69, 9.17) is 11.6 Å². The zero-order valence-corrected chi connectivity index (χ0v) is 11.5. The first-order valence-corrected chi connectivity index (χ1v) is 6.29. The number of hydrogen-bond acceptors (Lipinski definition) is 4. The number of nitrogens with one attached hydrogen (secondary N) is 1. The molecule has 0 unspecified atom stereocenters. The molecule has 5 nitrogen and oxygen atoms in total. The molecule has 2 heterocycles. The molecule has 0 aliphatic rings. The van der Waals surface area contributed by atoms with Gasteiger partial charge in [-0.25, -0.2) is 14.6 Å². The molecule has 96 valence electrons. The number of aryl methyl sites for hydroxylation is 1. The monoisotopic (exact) mass is 265 g/mol. The fraction of sp³-hybridized carbons (Fsp3) is 0.417. The molecule has 0 atom stereocenters. The summed E-state index contributed by atoms with van der Waals surface area (Å²) in [4.78, 5) is 8.39. The van der Waals surface area contributed by atoms with Gasteiger partial charge in [0.05, 0.1) is 16.4 Å². The molecule has 0 radical (unpaired) electrons. The number of anilines is 1. The van der Waals surface area contributed by atoms with E-state index >= 15 is 0 Å². The Labute approximate surface area is 111 Å². The molecule has 0 saturated carbocycles. The fourth-order valence-corrected chi connectivity index (χ4v) is 1.78. The van der Waals surface area contributed by atoms with Gasteiger partial charge in [-0.05, 0) is 20.3 Å². The van der Waals surface area contributed by atoms with E-state index in [1.165, 1.54) is 6.33 Å². The van der Waals surface area contributed by atoms with Crippen molar-refractivity contribution in [2.45, 2.75) is 27.2 Å². The number of aromatic nitrogens is 4. The van der Waals surface area contributed by atoms with Gasteiger partial charge in [0.15, 0.2) is 5.82 Å². The molecular weight excluding hydrogens is 250 g/mol. The summed E-state index contributed by atoms with van der Waals surface area (Å²) in [6, 6.07) is 1.87. The van der Waals surface area contributed by atoms with E-state index in [1.54, 1.807) is 4.68 Å². The lowest BCUT2D eigenvalue weighted by Crippen LogP contribution is -2.06. The van der Waals surface area contributed by atoms with Crippen molar-refractivity contribution in [1.29, 1.82) is 0 Å². The molecule has 0 spiro atoms. The van der Waals surface area contributed by atoms with Gasteiger partial charge >= 0.3 is 0 Å². The van der Waals surface area contributed by atoms with Gasteiger partial charge in [-0.2, -0.15) is 5.10 Å². The molecule has 0 aromatic carbocycles. The summed E-state index contributed by atoms with van der Waals surface area (Å²) in [5.74, 6) is 1.52. The molecule has 0 amide bonds. The lowest BCUT2D eigenvalue weighted by molar-refractivity contribution is 0.800. The quantitative estimate of drug-likeness (QED) is 0.924. The van der Waals surface area contributed by atoms with Gasteiger partial charge in [-0.15, -0.1) is 0 Å². The summed E-state index contributed by atoms with van der Waals surface area (Å²) in [5, 5.41) is 8.27. The lowest BCUT2D eigenvalue weighted by Gasteiger charge is -2.06. The van der Waals surface area contributed by atoms with Crippen LogP contribution in [0, 0.1) is 13.8 Å². The largest absolute Gasteiger partial charge is 0.370 e. The molecule has 0 saturated heterocycles. The first-order chi connectivity index (χ1) is 8.63. The first kappa shape index (κ1) is 12.8. The van der Waals surface area contributed by atoms with Crippen molar-refractivity contribution in [2.75, 3.05) is 11.9 Å². The van der Waals surface area contributed by atoms with E-state index in [9.17, 15) is 0 Å². The lowest BCUT2D eigenvalue weighted by atomic mass is 10.4. The van der Waals surface area contributed by atoms with Gasteiger partial charge in [0, 0.05) is 12.6 Å². The van der Waals surface area contributed by atoms with Gasteiger partial charge in [-0.1, -0.05) is 18.5 Å². The molecule has 18 heavy (non-hydrogen) atoms. The van der Waals surface area contributed by atoms with Gasteiger partial charge in [-0.3, -0.25) is 0 Å². The zero-order chi connectivity index (χ0) is 13.1. The highest BCUT2D eigenvalue weighted by Gasteiger charge is 2.11. The van der Waals surface area contributed by atoms with Gasteiger partial charge in [0.25, 0.3) is 0 Å². The summed E-state index contributed by atoms with van der Waals surface area (Å²) in [6.07, 6.45) is 2.57. The molecular formula is C12H16ClN5.